The fourth-order valence-electron chi connectivity index (χ4n) is 3.31. The molecule has 0 aliphatic carbocycles. The van der Waals surface area contributed by atoms with Gasteiger partial charge in [-0.1, -0.05) is 0 Å². The number of rotatable bonds is 3. The summed E-state index contributed by atoms with van der Waals surface area (Å²) in [6.45, 7) is 3.81. The Morgan fingerprint density at radius 3 is 2.42 bits per heavy atom. The minimum Gasteiger partial charge on any atom is -0.311 e. The molecule has 2 aliphatic heterocycles. The maximum Gasteiger partial charge on any atom is 0.250 e. The van der Waals surface area contributed by atoms with Gasteiger partial charge in [0.25, 0.3) is 10.0 Å². The minimum atomic E-state index is -3.35. The highest BCUT2D eigenvalue weighted by molar-refractivity contribution is 7.91. The molecule has 2 N–H and O–H groups in total. The van der Waals surface area contributed by atoms with Crippen LogP contribution < -0.4 is 10.0 Å². The average Bonchev–Trinajstić information content (AvgIpc) is 2.81. The maximum atomic E-state index is 12.4. The first-order valence-electron chi connectivity index (χ1n) is 6.79. The number of aryl methyl sites for hydroxylation is 2. The molecule has 0 spiro atoms. The molecule has 4 nitrogen and oxygen atoms in total. The summed E-state index contributed by atoms with van der Waals surface area (Å²) in [4.78, 5) is 1.04. The molecule has 0 saturated carbocycles. The van der Waals surface area contributed by atoms with E-state index in [2.05, 4.69) is 10.0 Å². The molecule has 1 aromatic rings. The van der Waals surface area contributed by atoms with Gasteiger partial charge in [0.2, 0.25) is 0 Å². The summed E-state index contributed by atoms with van der Waals surface area (Å²) in [5.74, 6) is 0. The highest BCUT2D eigenvalue weighted by atomic mass is 32.2. The van der Waals surface area contributed by atoms with Gasteiger partial charge in [0, 0.05) is 23.0 Å². The van der Waals surface area contributed by atoms with Gasteiger partial charge < -0.3 is 5.32 Å². The maximum absolute atomic E-state index is 12.4. The van der Waals surface area contributed by atoms with Crippen LogP contribution >= 0.6 is 11.3 Å². The normalized spacial score (nSPS) is 30.7. The summed E-state index contributed by atoms with van der Waals surface area (Å²) < 4.78 is 28.3. The van der Waals surface area contributed by atoms with Gasteiger partial charge in [-0.3, -0.25) is 0 Å². The van der Waals surface area contributed by atoms with E-state index in [9.17, 15) is 8.42 Å². The van der Waals surface area contributed by atoms with Crippen LogP contribution in [0.1, 0.15) is 36.1 Å². The lowest BCUT2D eigenvalue weighted by Crippen LogP contribution is -2.47. The van der Waals surface area contributed by atoms with Crippen molar-refractivity contribution in [3.05, 3.63) is 16.5 Å². The predicted molar refractivity (Wildman–Crippen MR) is 77.1 cm³/mol. The van der Waals surface area contributed by atoms with Gasteiger partial charge in [-0.15, -0.1) is 11.3 Å². The van der Waals surface area contributed by atoms with Crippen LogP contribution in [0, 0.1) is 13.8 Å². The number of hydrogen-bond acceptors (Lipinski definition) is 4. The second-order valence-corrected chi connectivity index (χ2v) is 8.92. The van der Waals surface area contributed by atoms with E-state index in [-0.39, 0.29) is 6.04 Å². The average molecular weight is 300 g/mol. The molecular formula is C13H20N2O2S2. The van der Waals surface area contributed by atoms with E-state index in [1.165, 1.54) is 24.2 Å². The van der Waals surface area contributed by atoms with E-state index in [4.69, 9.17) is 0 Å². The number of piperidine rings is 1. The molecule has 2 aliphatic rings. The van der Waals surface area contributed by atoms with Gasteiger partial charge in [0.15, 0.2) is 0 Å². The Kier molecular flexibility index (Phi) is 3.45. The zero-order valence-corrected chi connectivity index (χ0v) is 12.9. The zero-order chi connectivity index (χ0) is 13.6. The van der Waals surface area contributed by atoms with Gasteiger partial charge in [-0.2, -0.15) is 0 Å². The van der Waals surface area contributed by atoms with Crippen LogP contribution in [0.3, 0.4) is 0 Å². The Labute approximate surface area is 118 Å². The van der Waals surface area contributed by atoms with Crippen molar-refractivity contribution in [2.24, 2.45) is 0 Å². The largest absolute Gasteiger partial charge is 0.311 e. The highest BCUT2D eigenvalue weighted by Gasteiger charge is 2.35. The zero-order valence-electron chi connectivity index (χ0n) is 11.3. The summed E-state index contributed by atoms with van der Waals surface area (Å²) in [6.07, 6.45) is 4.19. The molecule has 3 rings (SSSR count). The molecule has 2 unspecified atom stereocenters. The van der Waals surface area contributed by atoms with Crippen molar-refractivity contribution in [3.63, 3.8) is 0 Å². The summed E-state index contributed by atoms with van der Waals surface area (Å²) in [7, 11) is -3.35. The second kappa shape index (κ2) is 4.84. The fraction of sp³-hybridized carbons (Fsp3) is 0.692. The lowest BCUT2D eigenvalue weighted by molar-refractivity contribution is 0.345. The van der Waals surface area contributed by atoms with E-state index >= 15 is 0 Å². The van der Waals surface area contributed by atoms with Crippen molar-refractivity contribution >= 4 is 21.4 Å². The van der Waals surface area contributed by atoms with Crippen molar-refractivity contribution < 1.29 is 8.42 Å². The number of sulfonamides is 1. The first-order valence-corrected chi connectivity index (χ1v) is 9.09. The monoisotopic (exact) mass is 300 g/mol. The van der Waals surface area contributed by atoms with Gasteiger partial charge in [-0.25, -0.2) is 13.1 Å². The smallest absolute Gasteiger partial charge is 0.250 e. The Balaban J connectivity index is 1.77. The number of nitrogens with one attached hydrogen (secondary N) is 2. The minimum absolute atomic E-state index is 0.0885. The lowest BCUT2D eigenvalue weighted by Gasteiger charge is -2.29. The van der Waals surface area contributed by atoms with Crippen LogP contribution in [-0.2, 0) is 10.0 Å². The van der Waals surface area contributed by atoms with Crippen molar-refractivity contribution in [2.75, 3.05) is 0 Å². The van der Waals surface area contributed by atoms with Gasteiger partial charge in [0.05, 0.1) is 0 Å². The van der Waals surface area contributed by atoms with Crippen molar-refractivity contribution in [3.8, 4) is 0 Å². The Morgan fingerprint density at radius 2 is 1.89 bits per heavy atom. The van der Waals surface area contributed by atoms with E-state index < -0.39 is 10.0 Å². The van der Waals surface area contributed by atoms with Crippen molar-refractivity contribution in [1.82, 2.24) is 10.0 Å². The SMILES string of the molecule is Cc1cc(C)c(S(=O)(=O)NC2CC3CCC(C2)N3)s1. The molecule has 0 amide bonds. The first kappa shape index (κ1) is 13.5. The molecule has 2 fully saturated rings. The fourth-order valence-corrected chi connectivity index (χ4v) is 6.26. The van der Waals surface area contributed by atoms with Crippen LogP contribution in [0.4, 0.5) is 0 Å². The standard InChI is InChI=1S/C13H20N2O2S2/c1-8-5-9(2)18-13(8)19(16,17)15-12-6-10-3-4-11(7-12)14-10/h5,10-12,14-15H,3-4,6-7H2,1-2H3. The molecule has 1 aromatic heterocycles. The molecule has 0 aromatic carbocycles. The van der Waals surface area contributed by atoms with Crippen LogP contribution in [0.15, 0.2) is 10.3 Å². The molecular weight excluding hydrogens is 280 g/mol. The van der Waals surface area contributed by atoms with Crippen LogP contribution in [0.5, 0.6) is 0 Å². The quantitative estimate of drug-likeness (QED) is 0.897. The molecule has 2 saturated heterocycles. The third-order valence-corrected chi connectivity index (χ3v) is 7.34. The Morgan fingerprint density at radius 1 is 1.26 bits per heavy atom. The van der Waals surface area contributed by atoms with Crippen molar-refractivity contribution in [2.45, 2.75) is 61.9 Å². The number of hydrogen-bond donors (Lipinski definition) is 2. The van der Waals surface area contributed by atoms with E-state index in [0.717, 1.165) is 23.3 Å². The summed E-state index contributed by atoms with van der Waals surface area (Å²) in [6, 6.07) is 3.02. The van der Waals surface area contributed by atoms with Gasteiger partial charge in [0.1, 0.15) is 4.21 Å². The highest BCUT2D eigenvalue weighted by Crippen LogP contribution is 2.30. The Bertz CT molecular complexity index is 567. The summed E-state index contributed by atoms with van der Waals surface area (Å²) >= 11 is 1.36. The van der Waals surface area contributed by atoms with Crippen LogP contribution in [0.25, 0.3) is 0 Å². The third kappa shape index (κ3) is 2.72. The third-order valence-electron chi connectivity index (χ3n) is 4.03. The topological polar surface area (TPSA) is 58.2 Å². The molecule has 6 heteroatoms. The van der Waals surface area contributed by atoms with Gasteiger partial charge in [-0.05, 0) is 51.2 Å². The van der Waals surface area contributed by atoms with Crippen LogP contribution in [-0.4, -0.2) is 26.5 Å². The van der Waals surface area contributed by atoms with Crippen LogP contribution in [0.2, 0.25) is 0 Å². The predicted octanol–water partition coefficient (Wildman–Crippen LogP) is 1.93. The summed E-state index contributed by atoms with van der Waals surface area (Å²) in [5, 5.41) is 3.53. The van der Waals surface area contributed by atoms with E-state index in [1.54, 1.807) is 0 Å². The lowest BCUT2D eigenvalue weighted by atomic mass is 10.0. The molecule has 106 valence electrons. The van der Waals surface area contributed by atoms with Gasteiger partial charge >= 0.3 is 0 Å². The van der Waals surface area contributed by atoms with E-state index in [0.29, 0.717) is 16.3 Å². The van der Waals surface area contributed by atoms with Crippen molar-refractivity contribution in [1.29, 1.82) is 0 Å². The number of thiophene rings is 1. The molecule has 3 heterocycles. The molecule has 19 heavy (non-hydrogen) atoms. The molecule has 2 bridgehead atoms. The Hall–Kier alpha value is -0.430. The number of fused-ring (bicyclic) bond motifs is 2. The molecule has 0 radical (unpaired) electrons. The summed E-state index contributed by atoms with van der Waals surface area (Å²) in [5.41, 5.74) is 0.854. The first-order chi connectivity index (χ1) is 8.94. The second-order valence-electron chi connectivity index (χ2n) is 5.75. The van der Waals surface area contributed by atoms with E-state index in [1.807, 2.05) is 19.9 Å². The molecule has 2 atom stereocenters.